The maximum atomic E-state index is 10.4. The van der Waals surface area contributed by atoms with Crippen LogP contribution in [0.25, 0.3) is 0 Å². The Bertz CT molecular complexity index is 407. The molecule has 1 aliphatic heterocycles. The van der Waals surface area contributed by atoms with Crippen LogP contribution in [0.5, 0.6) is 0 Å². The van der Waals surface area contributed by atoms with Gasteiger partial charge in [-0.3, -0.25) is 0 Å². The zero-order chi connectivity index (χ0) is 13.3. The summed E-state index contributed by atoms with van der Waals surface area (Å²) in [5.41, 5.74) is 1.08. The van der Waals surface area contributed by atoms with E-state index in [1.54, 1.807) is 0 Å². The van der Waals surface area contributed by atoms with E-state index in [9.17, 15) is 5.11 Å². The van der Waals surface area contributed by atoms with Crippen molar-refractivity contribution in [3.8, 4) is 0 Å². The number of hydrogen-bond acceptors (Lipinski definition) is 2. The summed E-state index contributed by atoms with van der Waals surface area (Å²) in [5.74, 6) is 0.577. The normalized spacial score (nSPS) is 33.6. The molecule has 0 saturated carbocycles. The number of halogens is 1. The quantitative estimate of drug-likeness (QED) is 0.911. The van der Waals surface area contributed by atoms with Crippen LogP contribution in [0.1, 0.15) is 26.3 Å². The van der Waals surface area contributed by atoms with Crippen LogP contribution in [0.4, 0.5) is 0 Å². The van der Waals surface area contributed by atoms with Crippen LogP contribution < -0.4 is 0 Å². The van der Waals surface area contributed by atoms with Crippen LogP contribution in [-0.4, -0.2) is 23.4 Å². The zero-order valence-electron chi connectivity index (χ0n) is 11.1. The van der Waals surface area contributed by atoms with E-state index in [2.05, 4.69) is 13.8 Å². The molecule has 0 bridgehead atoms. The van der Waals surface area contributed by atoms with Gasteiger partial charge in [0.25, 0.3) is 0 Å². The highest BCUT2D eigenvalue weighted by atomic mass is 35.5. The number of hydrogen-bond donors (Lipinski definition) is 1. The summed E-state index contributed by atoms with van der Waals surface area (Å²) in [6, 6.07) is 7.69. The van der Waals surface area contributed by atoms with Crippen LogP contribution in [0.2, 0.25) is 5.02 Å². The Kier molecular flexibility index (Phi) is 4.31. The molecule has 3 heteroatoms. The molecule has 5 unspecified atom stereocenters. The molecular formula is C15H21ClO2. The van der Waals surface area contributed by atoms with Gasteiger partial charge in [-0.05, 0) is 43.9 Å². The SMILES string of the molecule is CC1OC(C)C(C(O)Cc2cccc(Cl)c2)C1C. The van der Waals surface area contributed by atoms with Crippen molar-refractivity contribution < 1.29 is 9.84 Å². The van der Waals surface area contributed by atoms with Gasteiger partial charge in [-0.25, -0.2) is 0 Å². The van der Waals surface area contributed by atoms with Crippen molar-refractivity contribution in [2.24, 2.45) is 11.8 Å². The summed E-state index contributed by atoms with van der Waals surface area (Å²) < 4.78 is 5.78. The molecule has 0 amide bonds. The fourth-order valence-corrected chi connectivity index (χ4v) is 3.21. The van der Waals surface area contributed by atoms with Gasteiger partial charge in [-0.2, -0.15) is 0 Å². The predicted octanol–water partition coefficient (Wildman–Crippen LogP) is 3.30. The topological polar surface area (TPSA) is 29.5 Å². The van der Waals surface area contributed by atoms with Crippen molar-refractivity contribution >= 4 is 11.6 Å². The molecule has 1 N–H and O–H groups in total. The molecule has 1 fully saturated rings. The zero-order valence-corrected chi connectivity index (χ0v) is 11.9. The molecule has 1 aromatic rings. The summed E-state index contributed by atoms with van der Waals surface area (Å²) in [6.07, 6.45) is 0.595. The van der Waals surface area contributed by atoms with E-state index in [-0.39, 0.29) is 24.2 Å². The van der Waals surface area contributed by atoms with Gasteiger partial charge in [0, 0.05) is 10.9 Å². The first-order chi connectivity index (χ1) is 8.49. The molecule has 0 radical (unpaired) electrons. The maximum absolute atomic E-state index is 10.4. The van der Waals surface area contributed by atoms with Crippen LogP contribution in [0.3, 0.4) is 0 Å². The molecule has 18 heavy (non-hydrogen) atoms. The number of aliphatic hydroxyl groups is 1. The average Bonchev–Trinajstić information content (AvgIpc) is 2.53. The highest BCUT2D eigenvalue weighted by Gasteiger charge is 2.40. The molecule has 0 aliphatic carbocycles. The van der Waals surface area contributed by atoms with Gasteiger partial charge in [-0.1, -0.05) is 30.7 Å². The van der Waals surface area contributed by atoms with Crippen LogP contribution in [0, 0.1) is 11.8 Å². The molecule has 100 valence electrons. The van der Waals surface area contributed by atoms with E-state index in [1.807, 2.05) is 31.2 Å². The molecule has 2 rings (SSSR count). The minimum atomic E-state index is -0.376. The number of rotatable bonds is 3. The summed E-state index contributed by atoms with van der Waals surface area (Å²) in [7, 11) is 0. The Hall–Kier alpha value is -0.570. The fraction of sp³-hybridized carbons (Fsp3) is 0.600. The number of aliphatic hydroxyl groups excluding tert-OH is 1. The fourth-order valence-electron chi connectivity index (χ4n) is 3.00. The second-order valence-electron chi connectivity index (χ2n) is 5.38. The van der Waals surface area contributed by atoms with Gasteiger partial charge in [0.15, 0.2) is 0 Å². The summed E-state index contributed by atoms with van der Waals surface area (Å²) in [6.45, 7) is 6.28. The second kappa shape index (κ2) is 5.60. The monoisotopic (exact) mass is 268 g/mol. The summed E-state index contributed by atoms with van der Waals surface area (Å²) in [5, 5.41) is 11.1. The standard InChI is InChI=1S/C15H21ClO2/c1-9-10(2)18-11(3)15(9)14(17)8-12-5-4-6-13(16)7-12/h4-7,9-11,14-15,17H,8H2,1-3H3. The Balaban J connectivity index is 2.06. The average molecular weight is 269 g/mol. The first-order valence-electron chi connectivity index (χ1n) is 6.57. The van der Waals surface area contributed by atoms with Crippen molar-refractivity contribution in [1.82, 2.24) is 0 Å². The van der Waals surface area contributed by atoms with Gasteiger partial charge >= 0.3 is 0 Å². The third-order valence-corrected chi connectivity index (χ3v) is 4.33. The molecule has 1 saturated heterocycles. The predicted molar refractivity (Wildman–Crippen MR) is 73.8 cm³/mol. The van der Waals surface area contributed by atoms with Gasteiger partial charge in [0.2, 0.25) is 0 Å². The van der Waals surface area contributed by atoms with Crippen molar-refractivity contribution in [2.45, 2.75) is 45.5 Å². The second-order valence-corrected chi connectivity index (χ2v) is 5.82. The summed E-state index contributed by atoms with van der Waals surface area (Å²) in [4.78, 5) is 0. The summed E-state index contributed by atoms with van der Waals surface area (Å²) >= 11 is 5.96. The van der Waals surface area contributed by atoms with E-state index >= 15 is 0 Å². The minimum absolute atomic E-state index is 0.115. The molecule has 0 spiro atoms. The first kappa shape index (κ1) is 13.9. The van der Waals surface area contributed by atoms with E-state index in [0.717, 1.165) is 10.6 Å². The molecule has 0 aromatic heterocycles. The highest BCUT2D eigenvalue weighted by Crippen LogP contribution is 2.35. The lowest BCUT2D eigenvalue weighted by Gasteiger charge is -2.24. The van der Waals surface area contributed by atoms with E-state index in [1.165, 1.54) is 0 Å². The smallest absolute Gasteiger partial charge is 0.0636 e. The van der Waals surface area contributed by atoms with Gasteiger partial charge in [-0.15, -0.1) is 0 Å². The van der Waals surface area contributed by atoms with Crippen LogP contribution in [0.15, 0.2) is 24.3 Å². The van der Waals surface area contributed by atoms with Crippen molar-refractivity contribution in [1.29, 1.82) is 0 Å². The Labute approximate surface area is 114 Å². The van der Waals surface area contributed by atoms with Gasteiger partial charge in [0.05, 0.1) is 18.3 Å². The Morgan fingerprint density at radius 2 is 2.00 bits per heavy atom. The Morgan fingerprint density at radius 3 is 2.56 bits per heavy atom. The minimum Gasteiger partial charge on any atom is -0.392 e. The molecular weight excluding hydrogens is 248 g/mol. The lowest BCUT2D eigenvalue weighted by Crippen LogP contribution is -2.32. The third kappa shape index (κ3) is 2.87. The van der Waals surface area contributed by atoms with E-state index < -0.39 is 0 Å². The molecule has 1 aliphatic rings. The molecule has 5 atom stereocenters. The van der Waals surface area contributed by atoms with Crippen LogP contribution >= 0.6 is 11.6 Å². The third-order valence-electron chi connectivity index (χ3n) is 4.10. The lowest BCUT2D eigenvalue weighted by molar-refractivity contribution is 0.0240. The van der Waals surface area contributed by atoms with Gasteiger partial charge < -0.3 is 9.84 Å². The van der Waals surface area contributed by atoms with Crippen molar-refractivity contribution in [3.05, 3.63) is 34.9 Å². The molecule has 1 heterocycles. The van der Waals surface area contributed by atoms with E-state index in [4.69, 9.17) is 16.3 Å². The number of ether oxygens (including phenoxy) is 1. The molecule has 2 nitrogen and oxygen atoms in total. The first-order valence-corrected chi connectivity index (χ1v) is 6.95. The van der Waals surface area contributed by atoms with E-state index in [0.29, 0.717) is 12.3 Å². The molecule has 1 aromatic carbocycles. The Morgan fingerprint density at radius 1 is 1.28 bits per heavy atom. The number of benzene rings is 1. The van der Waals surface area contributed by atoms with Crippen molar-refractivity contribution in [3.63, 3.8) is 0 Å². The van der Waals surface area contributed by atoms with Crippen molar-refractivity contribution in [2.75, 3.05) is 0 Å². The maximum Gasteiger partial charge on any atom is 0.0636 e. The lowest BCUT2D eigenvalue weighted by atomic mass is 9.83. The van der Waals surface area contributed by atoms with Crippen LogP contribution in [-0.2, 0) is 11.2 Å². The largest absolute Gasteiger partial charge is 0.392 e. The highest BCUT2D eigenvalue weighted by molar-refractivity contribution is 6.30. The van der Waals surface area contributed by atoms with Gasteiger partial charge in [0.1, 0.15) is 0 Å².